The number of hydrogen-bond acceptors (Lipinski definition) is 4. The van der Waals surface area contributed by atoms with E-state index >= 15 is 0 Å². The van der Waals surface area contributed by atoms with E-state index in [9.17, 15) is 0 Å². The van der Waals surface area contributed by atoms with E-state index in [0.29, 0.717) is 23.9 Å². The molecule has 6 heteroatoms. The Morgan fingerprint density at radius 2 is 1.82 bits per heavy atom. The fraction of sp³-hybridized carbons (Fsp3) is 0.818. The van der Waals surface area contributed by atoms with Crippen LogP contribution in [0.4, 0.5) is 0 Å². The van der Waals surface area contributed by atoms with Crippen LogP contribution in [0.15, 0.2) is 25.6 Å². The molecule has 6 nitrogen and oxygen atoms in total. The van der Waals surface area contributed by atoms with E-state index in [0.717, 1.165) is 61.7 Å². The quantitative estimate of drug-likeness (QED) is 0.620. The molecule has 0 saturated carbocycles. The average Bonchev–Trinajstić information content (AvgIpc) is 3.36. The molecule has 0 bridgehead atoms. The number of nitrogens with zero attached hydrogens (tertiary/aromatic N) is 4. The highest BCUT2D eigenvalue weighted by Crippen LogP contribution is 2.38. The molecule has 0 aromatic heterocycles. The van der Waals surface area contributed by atoms with Crippen molar-refractivity contribution < 1.29 is 18.4 Å². The van der Waals surface area contributed by atoms with Gasteiger partial charge < -0.3 is 9.47 Å². The maximum Gasteiger partial charge on any atom is 0.212 e. The van der Waals surface area contributed by atoms with Gasteiger partial charge in [-0.3, -0.25) is 8.97 Å². The first-order valence-corrected chi connectivity index (χ1v) is 11.1. The third-order valence-electron chi connectivity index (χ3n) is 7.82. The smallest absolute Gasteiger partial charge is 0.212 e. The highest BCUT2D eigenvalue weighted by atomic mass is 16.5. The predicted molar refractivity (Wildman–Crippen MR) is 111 cm³/mol. The van der Waals surface area contributed by atoms with E-state index in [4.69, 9.17) is 9.47 Å². The molecule has 0 amide bonds. The zero-order valence-electron chi connectivity index (χ0n) is 18.3. The first-order chi connectivity index (χ1) is 13.3. The zero-order chi connectivity index (χ0) is 20.1. The van der Waals surface area contributed by atoms with Crippen molar-refractivity contribution in [1.29, 1.82) is 0 Å². The molecule has 0 radical (unpaired) electrons. The lowest BCUT2D eigenvalue weighted by molar-refractivity contribution is -0.918. The molecular weight excluding hydrogens is 352 g/mol. The van der Waals surface area contributed by atoms with Crippen LogP contribution in [0.2, 0.25) is 0 Å². The largest absolute Gasteiger partial charge is 0.355 e. The molecule has 6 atom stereocenters. The summed E-state index contributed by atoms with van der Waals surface area (Å²) in [7, 11) is 0. The van der Waals surface area contributed by atoms with Crippen LogP contribution in [0.25, 0.3) is 0 Å². The summed E-state index contributed by atoms with van der Waals surface area (Å²) >= 11 is 0. The van der Waals surface area contributed by atoms with Crippen LogP contribution in [-0.2, 0) is 9.47 Å². The standard InChI is InChI=1S/C22H40N4O2/c1-7-25(12-21-24(16-25)19(13-27-21)17(3)4)10-9-23-11-22-26(8-2,15-23)20(14-28-22)18(5)6/h7-8,17-22H,1-2,9-16H2,3-6H3/q+2/t19-,20-,21?,22?,25?,26?/m1/s1. The molecule has 28 heavy (non-hydrogen) atoms. The van der Waals surface area contributed by atoms with Crippen LogP contribution in [-0.4, -0.2) is 96.0 Å². The molecule has 4 aliphatic rings. The van der Waals surface area contributed by atoms with Crippen LogP contribution in [0.5, 0.6) is 0 Å². The van der Waals surface area contributed by atoms with Gasteiger partial charge in [-0.15, -0.1) is 0 Å². The van der Waals surface area contributed by atoms with Crippen molar-refractivity contribution >= 4 is 0 Å². The minimum Gasteiger partial charge on any atom is -0.355 e. The van der Waals surface area contributed by atoms with Crippen molar-refractivity contribution in [3.63, 3.8) is 0 Å². The highest BCUT2D eigenvalue weighted by Gasteiger charge is 2.57. The first-order valence-electron chi connectivity index (χ1n) is 11.1. The van der Waals surface area contributed by atoms with Crippen LogP contribution < -0.4 is 0 Å². The van der Waals surface area contributed by atoms with E-state index in [1.54, 1.807) is 0 Å². The highest BCUT2D eigenvalue weighted by molar-refractivity contribution is 4.87. The number of rotatable bonds is 7. The molecule has 0 N–H and O–H groups in total. The number of fused-ring (bicyclic) bond motifs is 2. The summed E-state index contributed by atoms with van der Waals surface area (Å²) in [5.41, 5.74) is 0. The van der Waals surface area contributed by atoms with E-state index < -0.39 is 0 Å². The van der Waals surface area contributed by atoms with Crippen molar-refractivity contribution in [3.05, 3.63) is 25.6 Å². The molecule has 0 spiro atoms. The molecule has 0 aliphatic carbocycles. The molecule has 4 saturated heterocycles. The maximum atomic E-state index is 6.21. The minimum absolute atomic E-state index is 0.248. The summed E-state index contributed by atoms with van der Waals surface area (Å²) in [6.07, 6.45) is 4.80. The van der Waals surface area contributed by atoms with Gasteiger partial charge in [-0.2, -0.15) is 0 Å². The fourth-order valence-electron chi connectivity index (χ4n) is 5.91. The van der Waals surface area contributed by atoms with Crippen LogP contribution in [0.1, 0.15) is 27.7 Å². The number of hydrogen-bond donors (Lipinski definition) is 0. The van der Waals surface area contributed by atoms with E-state index in [-0.39, 0.29) is 12.5 Å². The Bertz CT molecular complexity index is 611. The fourth-order valence-corrected chi connectivity index (χ4v) is 5.91. The molecule has 4 unspecified atom stereocenters. The lowest BCUT2D eigenvalue weighted by Crippen LogP contribution is -2.53. The Morgan fingerprint density at radius 1 is 1.04 bits per heavy atom. The van der Waals surface area contributed by atoms with Gasteiger partial charge in [0.2, 0.25) is 6.23 Å². The Morgan fingerprint density at radius 3 is 2.46 bits per heavy atom. The van der Waals surface area contributed by atoms with Gasteiger partial charge in [-0.25, -0.2) is 9.80 Å². The van der Waals surface area contributed by atoms with E-state index in [2.05, 4.69) is 63.1 Å². The van der Waals surface area contributed by atoms with Gasteiger partial charge >= 0.3 is 0 Å². The molecule has 4 aliphatic heterocycles. The summed E-state index contributed by atoms with van der Waals surface area (Å²) in [6.45, 7) is 25.6. The normalized spacial score (nSPS) is 43.8. The molecule has 0 aromatic rings. The lowest BCUT2D eigenvalue weighted by Gasteiger charge is -2.36. The van der Waals surface area contributed by atoms with Gasteiger partial charge in [0.1, 0.15) is 32.5 Å². The van der Waals surface area contributed by atoms with Crippen molar-refractivity contribution in [2.24, 2.45) is 11.8 Å². The van der Waals surface area contributed by atoms with Crippen molar-refractivity contribution in [2.45, 2.75) is 52.2 Å². The van der Waals surface area contributed by atoms with Crippen molar-refractivity contribution in [3.8, 4) is 0 Å². The van der Waals surface area contributed by atoms with Gasteiger partial charge in [0.15, 0.2) is 6.23 Å². The number of quaternary nitrogens is 2. The van der Waals surface area contributed by atoms with Gasteiger partial charge in [-0.05, 0) is 19.1 Å². The Labute approximate surface area is 171 Å². The Balaban J connectivity index is 1.40. The van der Waals surface area contributed by atoms with Crippen LogP contribution in [0.3, 0.4) is 0 Å². The summed E-state index contributed by atoms with van der Waals surface area (Å²) in [5.74, 6) is 1.23. The van der Waals surface area contributed by atoms with Crippen molar-refractivity contribution in [2.75, 3.05) is 52.7 Å². The van der Waals surface area contributed by atoms with Gasteiger partial charge in [-0.1, -0.05) is 27.7 Å². The average molecular weight is 393 g/mol. The van der Waals surface area contributed by atoms with Gasteiger partial charge in [0, 0.05) is 12.0 Å². The SMILES string of the molecule is C=C[N+]1(CCN2CC3OC[C@H](C(C)C)[N+]3(C=C)C2)CC2OC[C@H](C(C)C)N2C1. The van der Waals surface area contributed by atoms with Crippen molar-refractivity contribution in [1.82, 2.24) is 9.80 Å². The van der Waals surface area contributed by atoms with Crippen LogP contribution >= 0.6 is 0 Å². The summed E-state index contributed by atoms with van der Waals surface area (Å²) in [4.78, 5) is 5.15. The summed E-state index contributed by atoms with van der Waals surface area (Å²) in [6, 6.07) is 1.06. The second kappa shape index (κ2) is 7.49. The van der Waals surface area contributed by atoms with Gasteiger partial charge in [0.25, 0.3) is 0 Å². The van der Waals surface area contributed by atoms with E-state index in [1.165, 1.54) is 0 Å². The first kappa shape index (κ1) is 20.5. The van der Waals surface area contributed by atoms with Gasteiger partial charge in [0.05, 0.1) is 38.6 Å². The molecule has 4 fully saturated rings. The summed E-state index contributed by atoms with van der Waals surface area (Å²) in [5, 5.41) is 0. The Kier molecular flexibility index (Phi) is 5.49. The van der Waals surface area contributed by atoms with E-state index in [1.807, 2.05) is 0 Å². The number of ether oxygens (including phenoxy) is 2. The molecular formula is C22H40N4O2+2. The Hall–Kier alpha value is -0.760. The summed E-state index contributed by atoms with van der Waals surface area (Å²) < 4.78 is 14.2. The maximum absolute atomic E-state index is 6.21. The van der Waals surface area contributed by atoms with Crippen LogP contribution in [0, 0.1) is 11.8 Å². The second-order valence-corrected chi connectivity index (χ2v) is 10.1. The second-order valence-electron chi connectivity index (χ2n) is 10.1. The predicted octanol–water partition coefficient (Wildman–Crippen LogP) is 2.22. The third kappa shape index (κ3) is 3.18. The zero-order valence-corrected chi connectivity index (χ0v) is 18.3. The minimum atomic E-state index is 0.248. The third-order valence-corrected chi connectivity index (χ3v) is 7.82. The molecule has 158 valence electrons. The monoisotopic (exact) mass is 392 g/mol. The lowest BCUT2D eigenvalue weighted by atomic mass is 10.0. The molecule has 4 heterocycles. The molecule has 4 rings (SSSR count). The topological polar surface area (TPSA) is 24.9 Å². The molecule has 0 aromatic carbocycles.